The monoisotopic (exact) mass is 339 g/mol. The van der Waals surface area contributed by atoms with Gasteiger partial charge in [-0.05, 0) is 0 Å². The van der Waals surface area contributed by atoms with E-state index in [9.17, 15) is 0 Å². The van der Waals surface area contributed by atoms with Gasteiger partial charge in [-0.15, -0.1) is 13.8 Å². The summed E-state index contributed by atoms with van der Waals surface area (Å²) in [4.78, 5) is 0. The van der Waals surface area contributed by atoms with Crippen molar-refractivity contribution in [1.29, 1.82) is 0 Å². The van der Waals surface area contributed by atoms with Gasteiger partial charge in [0.15, 0.2) is 0 Å². The number of hydrogen-bond acceptors (Lipinski definition) is 6. The molecule has 0 bridgehead atoms. The Labute approximate surface area is 107 Å². The molecule has 0 heterocycles. The predicted octanol–water partition coefficient (Wildman–Crippen LogP) is -6.53. The normalized spacial score (nSPS) is 9.23. The average molecular weight is 341 g/mol. The Kier molecular flexibility index (Phi) is 25.6. The van der Waals surface area contributed by atoms with E-state index in [2.05, 4.69) is 0 Å². The van der Waals surface area contributed by atoms with E-state index in [4.69, 9.17) is 30.6 Å². The van der Waals surface area contributed by atoms with Crippen LogP contribution in [0.5, 0.6) is 0 Å². The summed E-state index contributed by atoms with van der Waals surface area (Å²) in [7, 11) is 0. The van der Waals surface area contributed by atoms with E-state index in [0.717, 1.165) is 0 Å². The fraction of sp³-hybridized carbons (Fsp3) is 1.00. The summed E-state index contributed by atoms with van der Waals surface area (Å²) in [5.41, 5.74) is 0. The summed E-state index contributed by atoms with van der Waals surface area (Å²) in [6.45, 7) is 1.04. The minimum atomic E-state index is -3.25. The van der Waals surface area contributed by atoms with Gasteiger partial charge in [-0.3, -0.25) is 0 Å². The third-order valence-corrected chi connectivity index (χ3v) is 0. The maximum Gasteiger partial charge on any atom is 2.00 e. The Morgan fingerprint density at radius 2 is 0.538 bits per heavy atom. The fourth-order valence-corrected chi connectivity index (χ4v) is 0. The maximum atomic E-state index is 8.99. The van der Waals surface area contributed by atoms with Crippen molar-refractivity contribution in [1.82, 2.24) is 0 Å². The second-order valence-electron chi connectivity index (χ2n) is 1.72. The molecule has 6 nitrogen and oxygen atoms in total. The van der Waals surface area contributed by atoms with Gasteiger partial charge in [-0.1, -0.05) is 0 Å². The van der Waals surface area contributed by atoms with E-state index in [1.165, 1.54) is 0 Å². The van der Waals surface area contributed by atoms with E-state index in [0.29, 0.717) is 13.8 Å². The standard InChI is InChI=1S/2C2H3O3.3Cu/c2*1-2(3,4)5;;;/h2*1H3;;;/q2*-3;3*+2. The Morgan fingerprint density at radius 3 is 0.538 bits per heavy atom. The minimum Gasteiger partial charge on any atom is -0.877 e. The van der Waals surface area contributed by atoms with Crippen LogP contribution in [0.15, 0.2) is 0 Å². The Hall–Kier alpha value is 1.32. The van der Waals surface area contributed by atoms with Crippen molar-refractivity contribution in [2.45, 2.75) is 25.8 Å². The minimum absolute atomic E-state index is 0. The zero-order chi connectivity index (χ0) is 9.00. The van der Waals surface area contributed by atoms with Gasteiger partial charge in [0, 0.05) is 0 Å². The van der Waals surface area contributed by atoms with Gasteiger partial charge >= 0.3 is 51.2 Å². The third kappa shape index (κ3) is 982. The molecule has 0 aromatic rings. The van der Waals surface area contributed by atoms with Crippen molar-refractivity contribution >= 4 is 0 Å². The quantitative estimate of drug-likeness (QED) is 0.317. The molecule has 0 saturated carbocycles. The molecule has 0 aliphatic heterocycles. The average Bonchev–Trinajstić information content (AvgIpc) is 1.12. The molecule has 0 amide bonds. The van der Waals surface area contributed by atoms with Gasteiger partial charge in [0.1, 0.15) is 0 Å². The van der Waals surface area contributed by atoms with E-state index in [1.54, 1.807) is 0 Å². The molecule has 0 aliphatic carbocycles. The van der Waals surface area contributed by atoms with Crippen molar-refractivity contribution < 1.29 is 81.8 Å². The molecule has 0 aromatic heterocycles. The van der Waals surface area contributed by atoms with Gasteiger partial charge in [-0.2, -0.15) is 0 Å². The molecular weight excluding hydrogens is 335 g/mol. The topological polar surface area (TPSA) is 138 Å². The Balaban J connectivity index is -0.0000000267. The Bertz CT molecular complexity index is 62.9. The number of hydrogen-bond donors (Lipinski definition) is 0. The summed E-state index contributed by atoms with van der Waals surface area (Å²) >= 11 is 0. The molecule has 91 valence electrons. The van der Waals surface area contributed by atoms with E-state index >= 15 is 0 Å². The van der Waals surface area contributed by atoms with Crippen LogP contribution in [0.25, 0.3) is 0 Å². The van der Waals surface area contributed by atoms with Crippen molar-refractivity contribution in [3.8, 4) is 0 Å². The van der Waals surface area contributed by atoms with Crippen LogP contribution in [-0.4, -0.2) is 11.9 Å². The van der Waals surface area contributed by atoms with Crippen LogP contribution in [0.4, 0.5) is 0 Å². The molecule has 9 heteroatoms. The van der Waals surface area contributed by atoms with Crippen LogP contribution in [0.3, 0.4) is 0 Å². The number of rotatable bonds is 0. The van der Waals surface area contributed by atoms with Crippen LogP contribution >= 0.6 is 0 Å². The first kappa shape index (κ1) is 29.2. The van der Waals surface area contributed by atoms with Crippen molar-refractivity contribution in [3.05, 3.63) is 0 Å². The SMILES string of the molecule is CC([O-])([O-])[O-].CC([O-])([O-])[O-].[Cu+2].[Cu+2].[Cu+2]. The molecule has 0 N–H and O–H groups in total. The summed E-state index contributed by atoms with van der Waals surface area (Å²) in [6.07, 6.45) is 0. The van der Waals surface area contributed by atoms with Gasteiger partial charge in [-0.25, -0.2) is 0 Å². The fourth-order valence-electron chi connectivity index (χ4n) is 0. The second-order valence-corrected chi connectivity index (χ2v) is 1.72. The van der Waals surface area contributed by atoms with Gasteiger partial charge in [0.2, 0.25) is 0 Å². The molecule has 0 fully saturated rings. The molecule has 0 spiro atoms. The first-order valence-electron chi connectivity index (χ1n) is 2.22. The van der Waals surface area contributed by atoms with Crippen LogP contribution < -0.4 is 30.6 Å². The smallest absolute Gasteiger partial charge is 0.877 e. The van der Waals surface area contributed by atoms with Crippen LogP contribution in [0.1, 0.15) is 13.8 Å². The van der Waals surface area contributed by atoms with E-state index in [-0.39, 0.29) is 51.2 Å². The summed E-state index contributed by atoms with van der Waals surface area (Å²) in [6, 6.07) is 0. The predicted molar refractivity (Wildman–Crippen MR) is 16.8 cm³/mol. The van der Waals surface area contributed by atoms with Gasteiger partial charge in [0.05, 0.1) is 0 Å². The molecular formula is C4H6Cu3O6. The molecule has 0 unspecified atom stereocenters. The maximum absolute atomic E-state index is 8.99. The van der Waals surface area contributed by atoms with Crippen LogP contribution in [0.2, 0.25) is 0 Å². The molecule has 0 atom stereocenters. The molecule has 0 aliphatic rings. The van der Waals surface area contributed by atoms with Crippen LogP contribution in [-0.2, 0) is 51.2 Å². The van der Waals surface area contributed by atoms with Gasteiger partial charge < -0.3 is 42.6 Å². The summed E-state index contributed by atoms with van der Waals surface area (Å²) < 4.78 is 0. The van der Waals surface area contributed by atoms with Crippen LogP contribution in [0, 0.1) is 0 Å². The third-order valence-electron chi connectivity index (χ3n) is 0. The van der Waals surface area contributed by atoms with Crippen molar-refractivity contribution in [2.24, 2.45) is 0 Å². The zero-order valence-electron chi connectivity index (χ0n) is 6.35. The van der Waals surface area contributed by atoms with Crippen molar-refractivity contribution in [3.63, 3.8) is 0 Å². The molecule has 3 radical (unpaired) electrons. The molecule has 0 rings (SSSR count). The Morgan fingerprint density at radius 1 is 0.538 bits per heavy atom. The zero-order valence-corrected chi connectivity index (χ0v) is 9.18. The molecule has 0 aromatic carbocycles. The second kappa shape index (κ2) is 11.4. The van der Waals surface area contributed by atoms with Gasteiger partial charge in [0.25, 0.3) is 0 Å². The summed E-state index contributed by atoms with van der Waals surface area (Å²) in [5, 5.41) is 54.0. The summed E-state index contributed by atoms with van der Waals surface area (Å²) in [5.74, 6) is -6.50. The molecule has 0 saturated heterocycles. The van der Waals surface area contributed by atoms with E-state index < -0.39 is 11.9 Å². The first-order valence-corrected chi connectivity index (χ1v) is 2.22. The van der Waals surface area contributed by atoms with Crippen molar-refractivity contribution in [2.75, 3.05) is 0 Å². The van der Waals surface area contributed by atoms with E-state index in [1.807, 2.05) is 0 Å². The first-order chi connectivity index (χ1) is 4.00. The molecule has 13 heavy (non-hydrogen) atoms. The largest absolute Gasteiger partial charge is 2.00 e.